The SMILES string of the molecule is CC(CC(=N)C(=N)NN)(Nc1ccc(Cl)cc1)c1ccccc1. The van der Waals surface area contributed by atoms with Crippen LogP contribution in [0.3, 0.4) is 0 Å². The second-order valence-electron chi connectivity index (χ2n) is 5.50. The number of hydrazine groups is 1. The third-order valence-corrected chi connectivity index (χ3v) is 3.90. The average Bonchev–Trinajstić information content (AvgIpc) is 2.57. The zero-order valence-electron chi connectivity index (χ0n) is 12.9. The monoisotopic (exact) mass is 329 g/mol. The summed E-state index contributed by atoms with van der Waals surface area (Å²) in [5.41, 5.74) is 3.70. The summed E-state index contributed by atoms with van der Waals surface area (Å²) in [6.07, 6.45) is 0.308. The molecule has 1 atom stereocenters. The Labute approximate surface area is 140 Å². The first-order chi connectivity index (χ1) is 10.9. The van der Waals surface area contributed by atoms with Gasteiger partial charge in [0.2, 0.25) is 0 Å². The van der Waals surface area contributed by atoms with Gasteiger partial charge in [0, 0.05) is 17.1 Å². The fourth-order valence-electron chi connectivity index (χ4n) is 2.41. The summed E-state index contributed by atoms with van der Waals surface area (Å²) in [5, 5.41) is 19.9. The number of anilines is 1. The van der Waals surface area contributed by atoms with Crippen molar-refractivity contribution in [1.82, 2.24) is 5.43 Å². The third kappa shape index (κ3) is 4.31. The molecule has 2 rings (SSSR count). The van der Waals surface area contributed by atoms with Gasteiger partial charge in [0.1, 0.15) is 0 Å². The van der Waals surface area contributed by atoms with E-state index >= 15 is 0 Å². The third-order valence-electron chi connectivity index (χ3n) is 3.65. The molecule has 0 heterocycles. The van der Waals surface area contributed by atoms with E-state index in [1.807, 2.05) is 61.5 Å². The maximum Gasteiger partial charge on any atom is 0.153 e. The first kappa shape index (κ1) is 17.0. The fraction of sp³-hybridized carbons (Fsp3) is 0.176. The first-order valence-corrected chi connectivity index (χ1v) is 7.54. The molecule has 0 aliphatic heterocycles. The molecule has 0 radical (unpaired) electrons. The maximum atomic E-state index is 8.07. The van der Waals surface area contributed by atoms with E-state index in [-0.39, 0.29) is 11.5 Å². The summed E-state index contributed by atoms with van der Waals surface area (Å²) in [5.74, 6) is 5.16. The van der Waals surface area contributed by atoms with Gasteiger partial charge in [-0.1, -0.05) is 41.9 Å². The number of halogens is 1. The normalized spacial score (nSPS) is 13.0. The van der Waals surface area contributed by atoms with Crippen LogP contribution in [0.25, 0.3) is 0 Å². The summed E-state index contributed by atoms with van der Waals surface area (Å²) in [7, 11) is 0. The van der Waals surface area contributed by atoms with Crippen molar-refractivity contribution in [3.05, 3.63) is 65.2 Å². The molecule has 6 N–H and O–H groups in total. The van der Waals surface area contributed by atoms with Gasteiger partial charge in [0.05, 0.1) is 11.3 Å². The molecule has 1 unspecified atom stereocenters. The highest BCUT2D eigenvalue weighted by Gasteiger charge is 2.29. The van der Waals surface area contributed by atoms with E-state index in [1.54, 1.807) is 0 Å². The van der Waals surface area contributed by atoms with Crippen LogP contribution in [-0.4, -0.2) is 11.5 Å². The van der Waals surface area contributed by atoms with Crippen molar-refractivity contribution in [2.24, 2.45) is 5.84 Å². The number of amidine groups is 1. The minimum atomic E-state index is -0.560. The number of nitrogens with two attached hydrogens (primary N) is 1. The van der Waals surface area contributed by atoms with Crippen LogP contribution in [0.4, 0.5) is 5.69 Å². The molecule has 0 saturated heterocycles. The summed E-state index contributed by atoms with van der Waals surface area (Å²) in [4.78, 5) is 0. The summed E-state index contributed by atoms with van der Waals surface area (Å²) < 4.78 is 0. The van der Waals surface area contributed by atoms with Gasteiger partial charge in [-0.25, -0.2) is 5.84 Å². The van der Waals surface area contributed by atoms with Crippen LogP contribution in [0.1, 0.15) is 18.9 Å². The van der Waals surface area contributed by atoms with Crippen LogP contribution >= 0.6 is 11.6 Å². The van der Waals surface area contributed by atoms with E-state index in [1.165, 1.54) is 0 Å². The Morgan fingerprint density at radius 1 is 1.09 bits per heavy atom. The minimum absolute atomic E-state index is 0.0925. The van der Waals surface area contributed by atoms with E-state index in [9.17, 15) is 0 Å². The van der Waals surface area contributed by atoms with E-state index in [4.69, 9.17) is 28.3 Å². The maximum absolute atomic E-state index is 8.07. The Hall–Kier alpha value is -2.37. The predicted molar refractivity (Wildman–Crippen MR) is 96.3 cm³/mol. The molecule has 0 saturated carbocycles. The highest BCUT2D eigenvalue weighted by atomic mass is 35.5. The lowest BCUT2D eigenvalue weighted by Gasteiger charge is -2.33. The second kappa shape index (κ2) is 7.26. The summed E-state index contributed by atoms with van der Waals surface area (Å²) >= 11 is 5.93. The van der Waals surface area contributed by atoms with Gasteiger partial charge in [0.15, 0.2) is 5.84 Å². The second-order valence-corrected chi connectivity index (χ2v) is 5.94. The molecular weight excluding hydrogens is 310 g/mol. The van der Waals surface area contributed by atoms with Crippen LogP contribution < -0.4 is 16.6 Å². The molecule has 0 amide bonds. The molecule has 2 aromatic rings. The number of nitrogens with one attached hydrogen (secondary N) is 4. The molecule has 5 nitrogen and oxygen atoms in total. The number of hydrogen-bond acceptors (Lipinski definition) is 4. The number of rotatable bonds is 6. The highest BCUT2D eigenvalue weighted by molar-refractivity contribution is 6.39. The zero-order chi connectivity index (χ0) is 16.9. The lowest BCUT2D eigenvalue weighted by molar-refractivity contribution is 0.568. The van der Waals surface area contributed by atoms with Crippen LogP contribution in [0, 0.1) is 10.8 Å². The first-order valence-electron chi connectivity index (χ1n) is 7.17. The molecule has 0 bridgehead atoms. The van der Waals surface area contributed by atoms with Gasteiger partial charge >= 0.3 is 0 Å². The van der Waals surface area contributed by atoms with E-state index < -0.39 is 5.54 Å². The molecule has 0 aromatic heterocycles. The van der Waals surface area contributed by atoms with Crippen molar-refractivity contribution in [3.8, 4) is 0 Å². The van der Waals surface area contributed by atoms with Gasteiger partial charge in [-0.2, -0.15) is 0 Å². The Bertz CT molecular complexity index is 684. The molecule has 23 heavy (non-hydrogen) atoms. The lowest BCUT2D eigenvalue weighted by Crippen LogP contribution is -2.41. The quantitative estimate of drug-likeness (QED) is 0.243. The molecule has 0 fully saturated rings. The smallest absolute Gasteiger partial charge is 0.153 e. The topological polar surface area (TPSA) is 97.8 Å². The minimum Gasteiger partial charge on any atom is -0.375 e. The summed E-state index contributed by atoms with van der Waals surface area (Å²) in [6.45, 7) is 2.00. The van der Waals surface area contributed by atoms with Crippen LogP contribution in [-0.2, 0) is 5.54 Å². The Morgan fingerprint density at radius 3 is 2.26 bits per heavy atom. The molecule has 120 valence electrons. The van der Waals surface area contributed by atoms with Crippen molar-refractivity contribution in [3.63, 3.8) is 0 Å². The van der Waals surface area contributed by atoms with Crippen molar-refractivity contribution in [2.45, 2.75) is 18.9 Å². The van der Waals surface area contributed by atoms with Gasteiger partial charge < -0.3 is 16.2 Å². The molecule has 2 aromatic carbocycles. The van der Waals surface area contributed by atoms with Crippen LogP contribution in [0.5, 0.6) is 0 Å². The standard InChI is InChI=1S/C17H20ClN5/c1-17(11-15(19)16(20)23-21,12-5-3-2-4-6-12)22-14-9-7-13(18)8-10-14/h2-10,19,22H,11,21H2,1H3,(H2,20,23). The molecule has 0 aliphatic carbocycles. The Balaban J connectivity index is 2.33. The molecule has 6 heteroatoms. The van der Waals surface area contributed by atoms with Crippen molar-refractivity contribution >= 4 is 28.8 Å². The van der Waals surface area contributed by atoms with Gasteiger partial charge in [0.25, 0.3) is 0 Å². The van der Waals surface area contributed by atoms with E-state index in [2.05, 4.69) is 10.7 Å². The largest absolute Gasteiger partial charge is 0.375 e. The van der Waals surface area contributed by atoms with Crippen molar-refractivity contribution < 1.29 is 0 Å². The zero-order valence-corrected chi connectivity index (χ0v) is 13.6. The van der Waals surface area contributed by atoms with Crippen molar-refractivity contribution in [1.29, 1.82) is 10.8 Å². The number of hydrogen-bond donors (Lipinski definition) is 5. The van der Waals surface area contributed by atoms with E-state index in [0.29, 0.717) is 11.4 Å². The Kier molecular flexibility index (Phi) is 5.36. The molecule has 0 aliphatic rings. The van der Waals surface area contributed by atoms with Crippen molar-refractivity contribution in [2.75, 3.05) is 5.32 Å². The van der Waals surface area contributed by atoms with E-state index in [0.717, 1.165) is 11.3 Å². The van der Waals surface area contributed by atoms with Gasteiger partial charge in [-0.3, -0.25) is 5.41 Å². The molecular formula is C17H20ClN5. The highest BCUT2D eigenvalue weighted by Crippen LogP contribution is 2.30. The van der Waals surface area contributed by atoms with Crippen LogP contribution in [0.2, 0.25) is 5.02 Å². The number of benzene rings is 2. The Morgan fingerprint density at radius 2 is 1.70 bits per heavy atom. The molecule has 0 spiro atoms. The lowest BCUT2D eigenvalue weighted by atomic mass is 9.86. The van der Waals surface area contributed by atoms with Gasteiger partial charge in [-0.05, 0) is 36.8 Å². The fourth-order valence-corrected chi connectivity index (χ4v) is 2.53. The van der Waals surface area contributed by atoms with Gasteiger partial charge in [-0.15, -0.1) is 0 Å². The summed E-state index contributed by atoms with van der Waals surface area (Å²) in [6, 6.07) is 17.2. The predicted octanol–water partition coefficient (Wildman–Crippen LogP) is 3.52. The van der Waals surface area contributed by atoms with Crippen LogP contribution in [0.15, 0.2) is 54.6 Å². The average molecular weight is 330 g/mol.